The van der Waals surface area contributed by atoms with Gasteiger partial charge < -0.3 is 14.9 Å². The van der Waals surface area contributed by atoms with E-state index >= 15 is 0 Å². The molecule has 51 heavy (non-hydrogen) atoms. The topological polar surface area (TPSA) is 125 Å². The van der Waals surface area contributed by atoms with Crippen LogP contribution >= 0.6 is 19.9 Å². The van der Waals surface area contributed by atoms with Crippen molar-refractivity contribution in [1.29, 1.82) is 0 Å². The predicted octanol–water partition coefficient (Wildman–Crippen LogP) is 8.07. The monoisotopic (exact) mass is 721 g/mol. The largest absolute Gasteiger partial charge is 0.462 e. The Bertz CT molecular complexity index is 2240. The molecule has 2 atom stereocenters. The molecule has 6 aromatic rings. The van der Waals surface area contributed by atoms with Crippen molar-refractivity contribution in [3.8, 4) is 5.75 Å². The lowest BCUT2D eigenvalue weighted by Gasteiger charge is -2.26. The number of fused-ring (bicyclic) bond motifs is 2. The van der Waals surface area contributed by atoms with Crippen LogP contribution in [0.4, 0.5) is 0 Å². The summed E-state index contributed by atoms with van der Waals surface area (Å²) in [6, 6.07) is 30.5. The summed E-state index contributed by atoms with van der Waals surface area (Å²) in [4.78, 5) is 37.8. The van der Waals surface area contributed by atoms with E-state index in [-0.39, 0.29) is 5.91 Å². The van der Waals surface area contributed by atoms with Crippen LogP contribution < -0.4 is 10.2 Å². The van der Waals surface area contributed by atoms with Gasteiger partial charge in [-0.25, -0.2) is 0 Å². The number of amides is 1. The minimum absolute atomic E-state index is 0.207. The van der Waals surface area contributed by atoms with Gasteiger partial charge in [0.15, 0.2) is 11.8 Å². The minimum atomic E-state index is -3.32. The van der Waals surface area contributed by atoms with Crippen LogP contribution in [-0.4, -0.2) is 50.8 Å². The molecule has 0 aliphatic carbocycles. The molecule has 0 spiro atoms. The van der Waals surface area contributed by atoms with Crippen LogP contribution in [0.25, 0.3) is 33.8 Å². The molecule has 260 valence electrons. The smallest absolute Gasteiger partial charge is 0.329 e. The first-order valence-electron chi connectivity index (χ1n) is 16.2. The average Bonchev–Trinajstić information content (AvgIpc) is 3.51. The Morgan fingerprint density at radius 3 is 2.45 bits per heavy atom. The normalized spacial score (nSPS) is 12.8. The summed E-state index contributed by atoms with van der Waals surface area (Å²) < 4.78 is 27.1. The molecular weight excluding hydrogens is 685 g/mol. The van der Waals surface area contributed by atoms with Crippen molar-refractivity contribution in [2.75, 3.05) is 7.05 Å². The molecule has 2 heterocycles. The second-order valence-corrected chi connectivity index (χ2v) is 13.9. The number of nitrogens with zero attached hydrogens (tertiary/aromatic N) is 4. The van der Waals surface area contributed by atoms with Gasteiger partial charge in [-0.2, -0.15) is 14.2 Å². The zero-order valence-corrected chi connectivity index (χ0v) is 30.2. The number of aromatic nitrogens is 3. The second-order valence-electron chi connectivity index (χ2n) is 11.6. The first kappa shape index (κ1) is 35.6. The molecule has 1 amide bonds. The van der Waals surface area contributed by atoms with Crippen LogP contribution in [0.15, 0.2) is 119 Å². The summed E-state index contributed by atoms with van der Waals surface area (Å²) in [6.07, 6.45) is 4.90. The number of rotatable bonds is 13. The fourth-order valence-corrected chi connectivity index (χ4v) is 7.15. The van der Waals surface area contributed by atoms with Crippen LogP contribution in [0, 0.1) is 0 Å². The van der Waals surface area contributed by atoms with E-state index in [1.54, 1.807) is 58.3 Å². The number of carbonyl (C=O) groups is 2. The molecule has 0 fully saturated rings. The van der Waals surface area contributed by atoms with Gasteiger partial charge in [0, 0.05) is 39.0 Å². The van der Waals surface area contributed by atoms with E-state index < -0.39 is 26.3 Å². The van der Waals surface area contributed by atoms with Crippen LogP contribution in [0.1, 0.15) is 42.5 Å². The van der Waals surface area contributed by atoms with Crippen molar-refractivity contribution in [2.24, 2.45) is 0 Å². The van der Waals surface area contributed by atoms with E-state index in [9.17, 15) is 14.2 Å². The maximum absolute atomic E-state index is 14.3. The lowest BCUT2D eigenvalue weighted by Crippen LogP contribution is -2.42. The van der Waals surface area contributed by atoms with Gasteiger partial charge in [0.2, 0.25) is 0 Å². The summed E-state index contributed by atoms with van der Waals surface area (Å²) >= 11 is 1.39. The van der Waals surface area contributed by atoms with Crippen LogP contribution in [0.5, 0.6) is 5.75 Å². The second kappa shape index (κ2) is 16.2. The molecule has 2 aromatic heterocycles. The summed E-state index contributed by atoms with van der Waals surface area (Å²) in [6.45, 7) is 5.03. The van der Waals surface area contributed by atoms with Crippen molar-refractivity contribution < 1.29 is 28.4 Å². The molecule has 0 saturated carbocycles. The highest BCUT2D eigenvalue weighted by Gasteiger charge is 2.30. The number of pyridine rings is 1. The molecule has 1 unspecified atom stereocenters. The van der Waals surface area contributed by atoms with Crippen molar-refractivity contribution in [2.45, 2.75) is 42.7 Å². The van der Waals surface area contributed by atoms with E-state index in [0.717, 1.165) is 25.8 Å². The lowest BCUT2D eigenvalue weighted by atomic mass is 10.1. The Morgan fingerprint density at radius 1 is 0.902 bits per heavy atom. The van der Waals surface area contributed by atoms with E-state index in [0.29, 0.717) is 33.6 Å². The highest BCUT2D eigenvalue weighted by atomic mass is 32.2. The number of carbonyl (C=O) groups excluding carboxylic acids is 2. The lowest BCUT2D eigenvalue weighted by molar-refractivity contribution is -0.276. The fraction of sp³-hybridized carbons (Fsp3) is 0.158. The zero-order chi connectivity index (χ0) is 35.9. The highest BCUT2D eigenvalue weighted by Crippen LogP contribution is 2.38. The van der Waals surface area contributed by atoms with E-state index in [1.165, 1.54) is 16.2 Å². The number of hydrogen-bond acceptors (Lipinski definition) is 10. The Labute approximate surface area is 300 Å². The number of ether oxygens (including phenoxy) is 1. The van der Waals surface area contributed by atoms with E-state index in [2.05, 4.69) is 10.3 Å². The average molecular weight is 722 g/mol. The molecule has 0 bridgehead atoms. The van der Waals surface area contributed by atoms with Gasteiger partial charge in [-0.3, -0.25) is 19.1 Å². The molecule has 6 rings (SSSR count). The highest BCUT2D eigenvalue weighted by molar-refractivity contribution is 7.99. The number of hydrogen-bond donors (Lipinski definition) is 1. The minimum Gasteiger partial charge on any atom is -0.462 e. The zero-order valence-electron chi connectivity index (χ0n) is 28.3. The van der Waals surface area contributed by atoms with Crippen LogP contribution in [0.3, 0.4) is 0 Å². The maximum Gasteiger partial charge on any atom is 0.329 e. The molecule has 13 heteroatoms. The standard InChI is InChI=1S/C38H36N5O6PS/c1-25(2)47-38(45)26(3)43(48-35-17-11-13-27-12-5-6-15-30(27)35)49-50(46)42-34-24-29(51-36-18-8-7-16-32(36)37(44)39-4)20-21-31(34)33(41-42)22-19-28-14-9-10-23-40-28/h5-26,50H,1-4H3,(H,39,44)/b22-19+/t26-/m0/s1. The third-order valence-electron chi connectivity index (χ3n) is 7.66. The van der Waals surface area contributed by atoms with Gasteiger partial charge in [-0.15, -0.1) is 0 Å². The predicted molar refractivity (Wildman–Crippen MR) is 199 cm³/mol. The van der Waals surface area contributed by atoms with Gasteiger partial charge >= 0.3 is 14.1 Å². The molecule has 0 radical (unpaired) electrons. The van der Waals surface area contributed by atoms with Gasteiger partial charge in [0.25, 0.3) is 5.91 Å². The van der Waals surface area contributed by atoms with E-state index in [1.807, 2.05) is 91.0 Å². The number of benzene rings is 4. The van der Waals surface area contributed by atoms with Crippen LogP contribution in [-0.2, 0) is 18.7 Å². The molecule has 11 nitrogen and oxygen atoms in total. The third kappa shape index (κ3) is 8.38. The summed E-state index contributed by atoms with van der Waals surface area (Å²) in [5.74, 6) is -0.441. The molecule has 1 N–H and O–H groups in total. The molecule has 0 saturated heterocycles. The van der Waals surface area contributed by atoms with Gasteiger partial charge in [0.1, 0.15) is 0 Å². The third-order valence-corrected chi connectivity index (χ3v) is 9.74. The first-order valence-corrected chi connectivity index (χ1v) is 18.3. The Hall–Kier alpha value is -5.26. The molecule has 0 aliphatic rings. The van der Waals surface area contributed by atoms with Gasteiger partial charge in [-0.1, -0.05) is 66.4 Å². The number of hydroxylamine groups is 2. The molecule has 0 aliphatic heterocycles. The van der Waals surface area contributed by atoms with Crippen molar-refractivity contribution in [1.82, 2.24) is 25.1 Å². The summed E-state index contributed by atoms with van der Waals surface area (Å²) in [5, 5.41) is 10.7. The Balaban J connectivity index is 1.40. The van der Waals surface area contributed by atoms with Gasteiger partial charge in [0.05, 0.1) is 28.6 Å². The van der Waals surface area contributed by atoms with Crippen molar-refractivity contribution in [3.63, 3.8) is 0 Å². The first-order chi connectivity index (χ1) is 24.7. The fourth-order valence-electron chi connectivity index (χ4n) is 5.17. The SMILES string of the molecule is CNC(=O)c1ccccc1Sc1ccc2c(/C=C/c3ccccn3)nn([PH](=O)ON(Oc3cccc4ccccc34)[C@@H](C)C(=O)OC(C)C)c2c1. The maximum atomic E-state index is 14.3. The number of esters is 1. The summed E-state index contributed by atoms with van der Waals surface area (Å²) in [7, 11) is -1.73. The molecular formula is C38H36N5O6PS. The van der Waals surface area contributed by atoms with Gasteiger partial charge in [-0.05, 0) is 86.8 Å². The molecule has 4 aromatic carbocycles. The summed E-state index contributed by atoms with van der Waals surface area (Å²) in [5.41, 5.74) is 2.27. The Kier molecular flexibility index (Phi) is 11.3. The van der Waals surface area contributed by atoms with Crippen LogP contribution in [0.2, 0.25) is 0 Å². The number of nitrogens with one attached hydrogen (secondary N) is 1. The van der Waals surface area contributed by atoms with E-state index in [4.69, 9.17) is 19.3 Å². The Morgan fingerprint density at radius 2 is 1.67 bits per heavy atom. The quantitative estimate of drug-likeness (QED) is 0.0711. The van der Waals surface area contributed by atoms with Crippen molar-refractivity contribution in [3.05, 3.63) is 126 Å². The van der Waals surface area contributed by atoms with Crippen molar-refractivity contribution >= 4 is 65.6 Å².